The van der Waals surface area contributed by atoms with E-state index in [4.69, 9.17) is 0 Å². The second-order valence-electron chi connectivity index (χ2n) is 5.94. The number of benzene rings is 2. The number of nitrogens with zero attached hydrogens (tertiary/aromatic N) is 2. The summed E-state index contributed by atoms with van der Waals surface area (Å²) in [6.45, 7) is 1.91. The highest BCUT2D eigenvalue weighted by molar-refractivity contribution is 8.15. The highest BCUT2D eigenvalue weighted by atomic mass is 32.2. The Bertz CT molecular complexity index is 867. The third-order valence-corrected chi connectivity index (χ3v) is 5.21. The number of nitrogens with one attached hydrogen (secondary N) is 1. The molecular weight excluding hydrogens is 353 g/mol. The quantitative estimate of drug-likeness (QED) is 0.891. The molecule has 0 saturated carbocycles. The van der Waals surface area contributed by atoms with Crippen LogP contribution in [-0.2, 0) is 9.59 Å². The Morgan fingerprint density at radius 2 is 1.92 bits per heavy atom. The van der Waals surface area contributed by atoms with Crippen LogP contribution in [0.5, 0.6) is 0 Å². The van der Waals surface area contributed by atoms with Gasteiger partial charge < -0.3 is 5.32 Å². The molecule has 134 valence electrons. The standard InChI is InChI=1S/C19H18FN3O2S/c1-12-5-3-4-6-15(12)22-17(24)11-16-18(25)23(2)19(26-16)21-14-9-7-13(20)8-10-14/h3-10,16H,11H2,1-2H3,(H,22,24)/t16-/m1/s1. The molecule has 1 heterocycles. The molecule has 1 aliphatic rings. The summed E-state index contributed by atoms with van der Waals surface area (Å²) < 4.78 is 13.0. The molecule has 2 amide bonds. The molecule has 1 fully saturated rings. The van der Waals surface area contributed by atoms with Crippen LogP contribution in [0.4, 0.5) is 15.8 Å². The van der Waals surface area contributed by atoms with Gasteiger partial charge in [0.05, 0.1) is 5.69 Å². The summed E-state index contributed by atoms with van der Waals surface area (Å²) in [5, 5.41) is 2.81. The number of carbonyl (C=O) groups is 2. The average Bonchev–Trinajstić information content (AvgIpc) is 2.87. The van der Waals surface area contributed by atoms with Crippen molar-refractivity contribution in [1.82, 2.24) is 4.90 Å². The van der Waals surface area contributed by atoms with Crippen molar-refractivity contribution in [3.8, 4) is 0 Å². The molecule has 1 aliphatic heterocycles. The van der Waals surface area contributed by atoms with E-state index in [1.165, 1.54) is 28.8 Å². The molecule has 0 aromatic heterocycles. The summed E-state index contributed by atoms with van der Waals surface area (Å²) in [5.74, 6) is -0.736. The van der Waals surface area contributed by atoms with Gasteiger partial charge in [-0.15, -0.1) is 0 Å². The zero-order valence-corrected chi connectivity index (χ0v) is 15.2. The number of rotatable bonds is 4. The number of amidine groups is 1. The Balaban J connectivity index is 1.67. The summed E-state index contributed by atoms with van der Waals surface area (Å²) in [6, 6.07) is 13.2. The van der Waals surface area contributed by atoms with Crippen molar-refractivity contribution < 1.29 is 14.0 Å². The van der Waals surface area contributed by atoms with Crippen LogP contribution in [0, 0.1) is 12.7 Å². The average molecular weight is 371 g/mol. The van der Waals surface area contributed by atoms with Crippen LogP contribution in [0.15, 0.2) is 53.5 Å². The van der Waals surface area contributed by atoms with Gasteiger partial charge in [0, 0.05) is 19.2 Å². The molecule has 2 aromatic carbocycles. The van der Waals surface area contributed by atoms with E-state index in [0.717, 1.165) is 11.3 Å². The Kier molecular flexibility index (Phi) is 5.37. The monoisotopic (exact) mass is 371 g/mol. The first-order valence-corrected chi connectivity index (χ1v) is 8.96. The molecule has 0 spiro atoms. The third kappa shape index (κ3) is 4.11. The highest BCUT2D eigenvalue weighted by Gasteiger charge is 2.37. The normalized spacial score (nSPS) is 18.4. The Morgan fingerprint density at radius 1 is 1.23 bits per heavy atom. The van der Waals surface area contributed by atoms with Gasteiger partial charge in [-0.1, -0.05) is 30.0 Å². The van der Waals surface area contributed by atoms with E-state index in [9.17, 15) is 14.0 Å². The maximum Gasteiger partial charge on any atom is 0.242 e. The lowest BCUT2D eigenvalue weighted by molar-refractivity contribution is -0.127. The van der Waals surface area contributed by atoms with Crippen LogP contribution in [-0.4, -0.2) is 34.2 Å². The zero-order chi connectivity index (χ0) is 18.7. The Hall–Kier alpha value is -2.67. The van der Waals surface area contributed by atoms with Crippen LogP contribution in [0.25, 0.3) is 0 Å². The molecule has 2 aromatic rings. The van der Waals surface area contributed by atoms with Crippen LogP contribution >= 0.6 is 11.8 Å². The van der Waals surface area contributed by atoms with Gasteiger partial charge in [0.15, 0.2) is 5.17 Å². The number of anilines is 1. The van der Waals surface area contributed by atoms with Gasteiger partial charge in [-0.05, 0) is 42.8 Å². The van der Waals surface area contributed by atoms with Gasteiger partial charge in [0.2, 0.25) is 11.8 Å². The van der Waals surface area contributed by atoms with Crippen LogP contribution in [0.1, 0.15) is 12.0 Å². The molecule has 1 saturated heterocycles. The first-order valence-electron chi connectivity index (χ1n) is 8.08. The molecule has 5 nitrogen and oxygen atoms in total. The fourth-order valence-corrected chi connectivity index (χ4v) is 3.66. The summed E-state index contributed by atoms with van der Waals surface area (Å²) in [6.07, 6.45) is 0.0601. The zero-order valence-electron chi connectivity index (χ0n) is 14.4. The molecule has 1 N–H and O–H groups in total. The summed E-state index contributed by atoms with van der Waals surface area (Å²) >= 11 is 1.24. The molecule has 0 aliphatic carbocycles. The van der Waals surface area contributed by atoms with Crippen LogP contribution in [0.2, 0.25) is 0 Å². The molecule has 0 bridgehead atoms. The number of para-hydroxylation sites is 1. The maximum atomic E-state index is 13.0. The molecule has 0 unspecified atom stereocenters. The second-order valence-corrected chi connectivity index (χ2v) is 7.11. The van der Waals surface area contributed by atoms with E-state index in [1.54, 1.807) is 19.2 Å². The van der Waals surface area contributed by atoms with Gasteiger partial charge in [0.25, 0.3) is 0 Å². The van der Waals surface area contributed by atoms with E-state index < -0.39 is 5.25 Å². The first kappa shape index (κ1) is 18.1. The van der Waals surface area contributed by atoms with Crippen molar-refractivity contribution in [3.63, 3.8) is 0 Å². The second kappa shape index (κ2) is 7.70. The third-order valence-electron chi connectivity index (χ3n) is 3.98. The van der Waals surface area contributed by atoms with Crippen LogP contribution in [0.3, 0.4) is 0 Å². The van der Waals surface area contributed by atoms with Gasteiger partial charge in [0.1, 0.15) is 11.1 Å². The predicted molar refractivity (Wildman–Crippen MR) is 102 cm³/mol. The fourth-order valence-electron chi connectivity index (χ4n) is 2.51. The van der Waals surface area contributed by atoms with Crippen molar-refractivity contribution >= 4 is 40.1 Å². The lowest BCUT2D eigenvalue weighted by Gasteiger charge is -2.10. The van der Waals surface area contributed by atoms with Gasteiger partial charge in [-0.3, -0.25) is 14.5 Å². The van der Waals surface area contributed by atoms with E-state index >= 15 is 0 Å². The van der Waals surface area contributed by atoms with Crippen molar-refractivity contribution in [2.75, 3.05) is 12.4 Å². The lowest BCUT2D eigenvalue weighted by atomic mass is 10.2. The Labute approximate surface area is 155 Å². The minimum absolute atomic E-state index is 0.0601. The van der Waals surface area contributed by atoms with Crippen molar-refractivity contribution in [2.45, 2.75) is 18.6 Å². The minimum Gasteiger partial charge on any atom is -0.326 e. The topological polar surface area (TPSA) is 61.8 Å². The van der Waals surface area contributed by atoms with Crippen molar-refractivity contribution in [1.29, 1.82) is 0 Å². The number of aliphatic imine (C=N–C) groups is 1. The predicted octanol–water partition coefficient (Wildman–Crippen LogP) is 3.72. The molecule has 0 radical (unpaired) electrons. The highest BCUT2D eigenvalue weighted by Crippen LogP contribution is 2.31. The number of amides is 2. The number of hydrogen-bond acceptors (Lipinski definition) is 4. The first-order chi connectivity index (χ1) is 12.4. The number of aryl methyl sites for hydroxylation is 1. The Morgan fingerprint density at radius 3 is 2.62 bits per heavy atom. The van der Waals surface area contributed by atoms with E-state index in [-0.39, 0.29) is 24.1 Å². The van der Waals surface area contributed by atoms with E-state index in [1.807, 2.05) is 31.2 Å². The summed E-state index contributed by atoms with van der Waals surface area (Å²) in [5.41, 5.74) is 2.25. The number of hydrogen-bond donors (Lipinski definition) is 1. The van der Waals surface area contributed by atoms with Gasteiger partial charge in [-0.25, -0.2) is 9.38 Å². The fraction of sp³-hybridized carbons (Fsp3) is 0.211. The van der Waals surface area contributed by atoms with Crippen molar-refractivity contribution in [2.24, 2.45) is 4.99 Å². The maximum absolute atomic E-state index is 13.0. The summed E-state index contributed by atoms with van der Waals surface area (Å²) in [7, 11) is 1.62. The molecule has 26 heavy (non-hydrogen) atoms. The molecule has 1 atom stereocenters. The molecular formula is C19H18FN3O2S. The number of carbonyl (C=O) groups excluding carboxylic acids is 2. The minimum atomic E-state index is -0.525. The number of halogens is 1. The summed E-state index contributed by atoms with van der Waals surface area (Å²) in [4.78, 5) is 30.5. The smallest absolute Gasteiger partial charge is 0.242 e. The van der Waals surface area contributed by atoms with Crippen LogP contribution < -0.4 is 5.32 Å². The van der Waals surface area contributed by atoms with Gasteiger partial charge >= 0.3 is 0 Å². The molecule has 7 heteroatoms. The van der Waals surface area contributed by atoms with E-state index in [0.29, 0.717) is 10.9 Å². The SMILES string of the molecule is Cc1ccccc1NC(=O)C[C@H]1SC(=Nc2ccc(F)cc2)N(C)C1=O. The number of thioether (sulfide) groups is 1. The van der Waals surface area contributed by atoms with Crippen molar-refractivity contribution in [3.05, 3.63) is 59.9 Å². The molecule has 3 rings (SSSR count). The van der Waals surface area contributed by atoms with E-state index in [2.05, 4.69) is 10.3 Å². The lowest BCUT2D eigenvalue weighted by Crippen LogP contribution is -2.30. The largest absolute Gasteiger partial charge is 0.326 e. The van der Waals surface area contributed by atoms with Gasteiger partial charge in [-0.2, -0.15) is 0 Å².